The highest BCUT2D eigenvalue weighted by atomic mass is 79.9. The van der Waals surface area contributed by atoms with Crippen LogP contribution < -0.4 is 5.32 Å². The van der Waals surface area contributed by atoms with Gasteiger partial charge >= 0.3 is 0 Å². The van der Waals surface area contributed by atoms with Crippen LogP contribution in [0.5, 0.6) is 0 Å². The molecule has 0 unspecified atom stereocenters. The quantitative estimate of drug-likeness (QED) is 0.693. The number of fused-ring (bicyclic) bond motifs is 1. The molecular weight excluding hydrogens is 344 g/mol. The van der Waals surface area contributed by atoms with Crippen molar-refractivity contribution in [1.29, 1.82) is 0 Å². The van der Waals surface area contributed by atoms with Crippen molar-refractivity contribution in [3.8, 4) is 0 Å². The second-order valence-electron chi connectivity index (χ2n) is 4.12. The second kappa shape index (κ2) is 5.22. The Hall–Kier alpha value is -1.92. The lowest BCUT2D eigenvalue weighted by atomic mass is 10.2. The van der Waals surface area contributed by atoms with Crippen LogP contribution in [-0.4, -0.2) is 21.1 Å². The van der Waals surface area contributed by atoms with Crippen molar-refractivity contribution >= 4 is 50.0 Å². The summed E-state index contributed by atoms with van der Waals surface area (Å²) in [6.07, 6.45) is 3.23. The number of rotatable bonds is 2. The molecule has 0 bridgehead atoms. The van der Waals surface area contributed by atoms with E-state index in [0.717, 1.165) is 10.9 Å². The lowest BCUT2D eigenvalue weighted by Gasteiger charge is -2.06. The van der Waals surface area contributed by atoms with E-state index in [-0.39, 0.29) is 11.1 Å². The van der Waals surface area contributed by atoms with Crippen molar-refractivity contribution in [2.45, 2.75) is 0 Å². The molecule has 2 N–H and O–H groups in total. The fourth-order valence-electron chi connectivity index (χ4n) is 1.80. The zero-order valence-electron chi connectivity index (χ0n) is 10.0. The summed E-state index contributed by atoms with van der Waals surface area (Å²) in [5.74, 6) is -0.313. The van der Waals surface area contributed by atoms with Crippen LogP contribution in [0.15, 0.2) is 41.1 Å². The number of anilines is 1. The minimum Gasteiger partial charge on any atom is -0.322 e. The zero-order chi connectivity index (χ0) is 14.1. The summed E-state index contributed by atoms with van der Waals surface area (Å²) in [5, 5.41) is 10.6. The van der Waals surface area contributed by atoms with Gasteiger partial charge in [0.15, 0.2) is 0 Å². The van der Waals surface area contributed by atoms with Crippen molar-refractivity contribution in [3.05, 3.63) is 51.8 Å². The molecule has 0 saturated carbocycles. The van der Waals surface area contributed by atoms with Gasteiger partial charge in [0.05, 0.1) is 17.3 Å². The number of pyridine rings is 1. The first-order chi connectivity index (χ1) is 9.63. The van der Waals surface area contributed by atoms with Crippen LogP contribution in [0, 0.1) is 0 Å². The van der Waals surface area contributed by atoms with Crippen molar-refractivity contribution in [3.63, 3.8) is 0 Å². The number of aromatic amines is 1. The van der Waals surface area contributed by atoms with E-state index < -0.39 is 0 Å². The standard InChI is InChI=1S/C13H8BrClN4O/c14-8-4-10(12(15)16-6-8)13(20)18-9-1-2-11-7(3-9)5-17-19-11/h1-6H,(H,17,19)(H,18,20). The van der Waals surface area contributed by atoms with Crippen molar-refractivity contribution < 1.29 is 4.79 Å². The number of hydrogen-bond acceptors (Lipinski definition) is 3. The monoisotopic (exact) mass is 350 g/mol. The van der Waals surface area contributed by atoms with Crippen LogP contribution in [0.3, 0.4) is 0 Å². The first-order valence-corrected chi connectivity index (χ1v) is 6.86. The molecule has 0 atom stereocenters. The zero-order valence-corrected chi connectivity index (χ0v) is 12.4. The lowest BCUT2D eigenvalue weighted by molar-refractivity contribution is 0.102. The number of nitrogens with zero attached hydrogens (tertiary/aromatic N) is 2. The Kier molecular flexibility index (Phi) is 3.42. The molecule has 7 heteroatoms. The minimum absolute atomic E-state index is 0.162. The van der Waals surface area contributed by atoms with Crippen LogP contribution in [0.2, 0.25) is 5.15 Å². The number of carbonyl (C=O) groups excluding carboxylic acids is 1. The van der Waals surface area contributed by atoms with Crippen LogP contribution in [0.1, 0.15) is 10.4 Å². The van der Waals surface area contributed by atoms with Gasteiger partial charge < -0.3 is 5.32 Å². The van der Waals surface area contributed by atoms with Gasteiger partial charge in [-0.1, -0.05) is 11.6 Å². The Morgan fingerprint density at radius 1 is 1.30 bits per heavy atom. The number of nitrogens with one attached hydrogen (secondary N) is 2. The number of carbonyl (C=O) groups is 1. The Labute approximate surface area is 127 Å². The van der Waals surface area contributed by atoms with Crippen molar-refractivity contribution in [2.75, 3.05) is 5.32 Å². The van der Waals surface area contributed by atoms with E-state index in [2.05, 4.69) is 36.4 Å². The number of H-pyrrole nitrogens is 1. The van der Waals surface area contributed by atoms with E-state index in [1.165, 1.54) is 6.20 Å². The highest BCUT2D eigenvalue weighted by Gasteiger charge is 2.12. The Morgan fingerprint density at radius 3 is 3.00 bits per heavy atom. The molecule has 5 nitrogen and oxygen atoms in total. The van der Waals surface area contributed by atoms with E-state index >= 15 is 0 Å². The molecule has 3 rings (SSSR count). The summed E-state index contributed by atoms with van der Waals surface area (Å²) < 4.78 is 0.692. The molecule has 1 amide bonds. The molecule has 2 heterocycles. The number of amides is 1. The van der Waals surface area contributed by atoms with Crippen LogP contribution in [0.4, 0.5) is 5.69 Å². The Balaban J connectivity index is 1.89. The lowest BCUT2D eigenvalue weighted by Crippen LogP contribution is -2.13. The average molecular weight is 352 g/mol. The van der Waals surface area contributed by atoms with Gasteiger partial charge in [-0.25, -0.2) is 4.98 Å². The predicted molar refractivity (Wildman–Crippen MR) is 81.0 cm³/mol. The van der Waals surface area contributed by atoms with Gasteiger partial charge in [0, 0.05) is 21.7 Å². The van der Waals surface area contributed by atoms with E-state index in [1.54, 1.807) is 18.3 Å². The van der Waals surface area contributed by atoms with Gasteiger partial charge in [0.25, 0.3) is 5.91 Å². The van der Waals surface area contributed by atoms with Crippen molar-refractivity contribution in [2.24, 2.45) is 0 Å². The second-order valence-corrected chi connectivity index (χ2v) is 5.39. The number of halogens is 2. The summed E-state index contributed by atoms with van der Waals surface area (Å²) >= 11 is 9.19. The summed E-state index contributed by atoms with van der Waals surface area (Å²) in [5.41, 5.74) is 1.89. The largest absolute Gasteiger partial charge is 0.322 e. The van der Waals surface area contributed by atoms with Crippen LogP contribution in [-0.2, 0) is 0 Å². The number of hydrogen-bond donors (Lipinski definition) is 2. The first kappa shape index (κ1) is 13.1. The predicted octanol–water partition coefficient (Wildman–Crippen LogP) is 3.63. The Morgan fingerprint density at radius 2 is 2.15 bits per heavy atom. The fourth-order valence-corrected chi connectivity index (χ4v) is 2.32. The van der Waals surface area contributed by atoms with Crippen LogP contribution in [0.25, 0.3) is 10.9 Å². The first-order valence-electron chi connectivity index (χ1n) is 5.69. The van der Waals surface area contributed by atoms with E-state index in [4.69, 9.17) is 11.6 Å². The molecule has 0 saturated heterocycles. The molecule has 0 fully saturated rings. The highest BCUT2D eigenvalue weighted by Crippen LogP contribution is 2.21. The maximum atomic E-state index is 12.2. The van der Waals surface area contributed by atoms with Gasteiger partial charge in [-0.3, -0.25) is 9.89 Å². The third-order valence-electron chi connectivity index (χ3n) is 2.75. The van der Waals surface area contributed by atoms with Crippen molar-refractivity contribution in [1.82, 2.24) is 15.2 Å². The Bertz CT molecular complexity index is 802. The van der Waals surface area contributed by atoms with E-state index in [9.17, 15) is 4.79 Å². The minimum atomic E-state index is -0.313. The normalized spacial score (nSPS) is 10.7. The molecule has 0 aliphatic heterocycles. The van der Waals surface area contributed by atoms with Gasteiger partial charge in [-0.05, 0) is 40.2 Å². The van der Waals surface area contributed by atoms with Gasteiger partial charge in [-0.15, -0.1) is 0 Å². The summed E-state index contributed by atoms with van der Waals surface area (Å²) in [6, 6.07) is 7.09. The molecule has 3 aromatic rings. The summed E-state index contributed by atoms with van der Waals surface area (Å²) in [4.78, 5) is 16.1. The fraction of sp³-hybridized carbons (Fsp3) is 0. The van der Waals surface area contributed by atoms with E-state index in [1.807, 2.05) is 12.1 Å². The summed E-state index contributed by atoms with van der Waals surface area (Å²) in [7, 11) is 0. The van der Waals surface area contributed by atoms with Gasteiger partial charge in [0.2, 0.25) is 0 Å². The number of aromatic nitrogens is 3. The molecule has 0 radical (unpaired) electrons. The van der Waals surface area contributed by atoms with Gasteiger partial charge in [0.1, 0.15) is 5.15 Å². The highest BCUT2D eigenvalue weighted by molar-refractivity contribution is 9.10. The molecule has 0 aliphatic rings. The molecule has 100 valence electrons. The third kappa shape index (κ3) is 2.52. The van der Waals surface area contributed by atoms with Gasteiger partial charge in [-0.2, -0.15) is 5.10 Å². The topological polar surface area (TPSA) is 70.7 Å². The molecule has 1 aromatic carbocycles. The summed E-state index contributed by atoms with van der Waals surface area (Å²) in [6.45, 7) is 0. The third-order valence-corrected chi connectivity index (χ3v) is 3.48. The molecule has 0 spiro atoms. The maximum Gasteiger partial charge on any atom is 0.258 e. The van der Waals surface area contributed by atoms with Crippen LogP contribution >= 0.6 is 27.5 Å². The average Bonchev–Trinajstić information content (AvgIpc) is 2.89. The van der Waals surface area contributed by atoms with E-state index in [0.29, 0.717) is 15.7 Å². The maximum absolute atomic E-state index is 12.2. The number of benzene rings is 1. The molecule has 0 aliphatic carbocycles. The molecule has 2 aromatic heterocycles. The SMILES string of the molecule is O=C(Nc1ccc2[nH]ncc2c1)c1cc(Br)cnc1Cl. The molecule has 20 heavy (non-hydrogen) atoms. The molecular formula is C13H8BrClN4O. The smallest absolute Gasteiger partial charge is 0.258 e.